The Hall–Kier alpha value is -2.75. The van der Waals surface area contributed by atoms with E-state index in [-0.39, 0.29) is 30.3 Å². The number of piperazine rings is 1. The molecule has 0 radical (unpaired) electrons. The molecule has 2 aliphatic heterocycles. The summed E-state index contributed by atoms with van der Waals surface area (Å²) in [7, 11) is 1.88. The van der Waals surface area contributed by atoms with Gasteiger partial charge in [-0.25, -0.2) is 9.37 Å². The highest BCUT2D eigenvalue weighted by molar-refractivity contribution is 6.34. The number of hydrogen-bond acceptors (Lipinski definition) is 6. The largest absolute Gasteiger partial charge is 0.376 e. The maximum atomic E-state index is 14.5. The van der Waals surface area contributed by atoms with Crippen molar-refractivity contribution >= 4 is 39.8 Å². The summed E-state index contributed by atoms with van der Waals surface area (Å²) in [5.41, 5.74) is 1.47. The van der Waals surface area contributed by atoms with Crippen molar-refractivity contribution in [2.24, 2.45) is 18.9 Å². The fourth-order valence-electron chi connectivity index (χ4n) is 6.05. The van der Waals surface area contributed by atoms with Gasteiger partial charge in [0.15, 0.2) is 0 Å². The number of nitrogens with zero attached hydrogens (tertiary/aromatic N) is 5. The fourth-order valence-corrected chi connectivity index (χ4v) is 6.34. The van der Waals surface area contributed by atoms with Crippen molar-refractivity contribution in [1.29, 1.82) is 0 Å². The minimum Gasteiger partial charge on any atom is -0.376 e. The van der Waals surface area contributed by atoms with Gasteiger partial charge in [-0.05, 0) is 42.0 Å². The van der Waals surface area contributed by atoms with Crippen LogP contribution in [0.1, 0.15) is 25.3 Å². The number of fused-ring (bicyclic) bond motifs is 1. The molecule has 1 N–H and O–H groups in total. The zero-order valence-corrected chi connectivity index (χ0v) is 22.1. The molecule has 3 aliphatic rings. The van der Waals surface area contributed by atoms with E-state index >= 15 is 0 Å². The monoisotopic (exact) mass is 526 g/mol. The van der Waals surface area contributed by atoms with Gasteiger partial charge in [-0.3, -0.25) is 14.4 Å². The van der Waals surface area contributed by atoms with Gasteiger partial charge in [-0.15, -0.1) is 0 Å². The van der Waals surface area contributed by atoms with Gasteiger partial charge in [0.2, 0.25) is 5.91 Å². The van der Waals surface area contributed by atoms with Gasteiger partial charge in [0, 0.05) is 62.8 Å². The number of carbonyl (C=O) groups excluding carboxylic acids is 1. The maximum Gasteiger partial charge on any atom is 0.229 e. The molecule has 3 aromatic rings. The SMILES string of the molecule is CC1C(C(=O)Nc2cc3cc(N4CCN([C@@]5(C)COC[C@H]5F)CC4)c(Cl)cc3cn2)C1c1cnn(C)c1. The molecule has 196 valence electrons. The number of rotatable bonds is 5. The van der Waals surface area contributed by atoms with Crippen LogP contribution in [0, 0.1) is 11.8 Å². The molecule has 2 saturated heterocycles. The maximum absolute atomic E-state index is 14.5. The normalized spacial score (nSPS) is 30.1. The second-order valence-corrected chi connectivity index (χ2v) is 11.3. The lowest BCUT2D eigenvalue weighted by molar-refractivity contribution is -0.117. The lowest BCUT2D eigenvalue weighted by atomic mass is 9.96. The zero-order chi connectivity index (χ0) is 25.9. The summed E-state index contributed by atoms with van der Waals surface area (Å²) in [6.45, 7) is 7.62. The molecule has 6 rings (SSSR count). The van der Waals surface area contributed by atoms with Crippen LogP contribution in [-0.2, 0) is 16.6 Å². The van der Waals surface area contributed by atoms with Crippen LogP contribution < -0.4 is 10.2 Å². The quantitative estimate of drug-likeness (QED) is 0.544. The third-order valence-corrected chi connectivity index (χ3v) is 8.81. The Bertz CT molecular complexity index is 1340. The smallest absolute Gasteiger partial charge is 0.229 e. The highest BCUT2D eigenvalue weighted by Gasteiger charge is 2.53. The van der Waals surface area contributed by atoms with Crippen molar-refractivity contribution in [2.75, 3.05) is 49.6 Å². The first kappa shape index (κ1) is 24.6. The average Bonchev–Trinajstić information content (AvgIpc) is 3.15. The summed E-state index contributed by atoms with van der Waals surface area (Å²) in [5, 5.41) is 9.78. The van der Waals surface area contributed by atoms with E-state index in [2.05, 4.69) is 38.2 Å². The van der Waals surface area contributed by atoms with Gasteiger partial charge >= 0.3 is 0 Å². The number of alkyl halides is 1. The zero-order valence-electron chi connectivity index (χ0n) is 21.3. The van der Waals surface area contributed by atoms with Gasteiger partial charge in [0.25, 0.3) is 0 Å². The third kappa shape index (κ3) is 4.36. The average molecular weight is 527 g/mol. The molecule has 2 aromatic heterocycles. The van der Waals surface area contributed by atoms with Gasteiger partial charge in [0.1, 0.15) is 12.0 Å². The molecule has 0 bridgehead atoms. The Morgan fingerprint density at radius 3 is 2.65 bits per heavy atom. The number of ether oxygens (including phenoxy) is 1. The van der Waals surface area contributed by atoms with E-state index in [0.717, 1.165) is 48.2 Å². The van der Waals surface area contributed by atoms with E-state index in [1.54, 1.807) is 10.9 Å². The van der Waals surface area contributed by atoms with Crippen LogP contribution in [0.3, 0.4) is 0 Å². The first-order chi connectivity index (χ1) is 17.7. The lowest BCUT2D eigenvalue weighted by Crippen LogP contribution is -2.59. The van der Waals surface area contributed by atoms with E-state index in [0.29, 0.717) is 17.4 Å². The minimum absolute atomic E-state index is 0.0194. The highest BCUT2D eigenvalue weighted by atomic mass is 35.5. The van der Waals surface area contributed by atoms with Crippen molar-refractivity contribution in [1.82, 2.24) is 19.7 Å². The number of anilines is 2. The molecular weight excluding hydrogens is 495 g/mol. The van der Waals surface area contributed by atoms with Crippen LogP contribution in [-0.4, -0.2) is 76.7 Å². The molecule has 1 aliphatic carbocycles. The second-order valence-electron chi connectivity index (χ2n) is 10.9. The molecule has 8 nitrogen and oxygen atoms in total. The summed E-state index contributed by atoms with van der Waals surface area (Å²) in [6, 6.07) is 5.88. The molecular formula is C27H32ClFN6O2. The Morgan fingerprint density at radius 1 is 1.19 bits per heavy atom. The molecule has 5 atom stereocenters. The molecule has 1 saturated carbocycles. The molecule has 10 heteroatoms. The number of halogens is 2. The fraction of sp³-hybridized carbons (Fsp3) is 0.519. The van der Waals surface area contributed by atoms with E-state index < -0.39 is 11.7 Å². The van der Waals surface area contributed by atoms with Crippen LogP contribution in [0.5, 0.6) is 0 Å². The summed E-state index contributed by atoms with van der Waals surface area (Å²) in [6.07, 6.45) is 4.59. The molecule has 37 heavy (non-hydrogen) atoms. The highest BCUT2D eigenvalue weighted by Crippen LogP contribution is 2.54. The number of aryl methyl sites for hydroxylation is 1. The molecule has 1 aromatic carbocycles. The number of hydrogen-bond donors (Lipinski definition) is 1. The van der Waals surface area contributed by atoms with Gasteiger partial charge < -0.3 is 15.0 Å². The van der Waals surface area contributed by atoms with Crippen molar-refractivity contribution < 1.29 is 13.9 Å². The number of pyridine rings is 1. The summed E-state index contributed by atoms with van der Waals surface area (Å²) in [5.74, 6) is 0.870. The summed E-state index contributed by atoms with van der Waals surface area (Å²) >= 11 is 6.68. The van der Waals surface area contributed by atoms with E-state index in [1.807, 2.05) is 38.5 Å². The number of amides is 1. The van der Waals surface area contributed by atoms with Crippen molar-refractivity contribution in [3.63, 3.8) is 0 Å². The molecule has 1 amide bonds. The van der Waals surface area contributed by atoms with Crippen molar-refractivity contribution in [3.8, 4) is 0 Å². The Kier molecular flexibility index (Phi) is 6.12. The van der Waals surface area contributed by atoms with Crippen molar-refractivity contribution in [2.45, 2.75) is 31.5 Å². The van der Waals surface area contributed by atoms with Crippen molar-refractivity contribution in [3.05, 3.63) is 47.4 Å². The van der Waals surface area contributed by atoms with Crippen LogP contribution in [0.25, 0.3) is 10.8 Å². The van der Waals surface area contributed by atoms with E-state index in [4.69, 9.17) is 16.3 Å². The predicted octanol–water partition coefficient (Wildman–Crippen LogP) is 3.86. The molecule has 0 spiro atoms. The number of benzene rings is 1. The first-order valence-electron chi connectivity index (χ1n) is 12.8. The molecule has 4 heterocycles. The number of nitrogens with one attached hydrogen (secondary N) is 1. The summed E-state index contributed by atoms with van der Waals surface area (Å²) in [4.78, 5) is 21.9. The van der Waals surface area contributed by atoms with Gasteiger partial charge in [-0.2, -0.15) is 5.10 Å². The third-order valence-electron chi connectivity index (χ3n) is 8.51. The topological polar surface area (TPSA) is 75.5 Å². The van der Waals surface area contributed by atoms with Crippen LogP contribution in [0.15, 0.2) is 36.8 Å². The van der Waals surface area contributed by atoms with Crippen LogP contribution in [0.2, 0.25) is 5.02 Å². The lowest BCUT2D eigenvalue weighted by Gasteiger charge is -2.44. The van der Waals surface area contributed by atoms with Gasteiger partial charge in [-0.1, -0.05) is 18.5 Å². The number of carbonyl (C=O) groups is 1. The first-order valence-corrected chi connectivity index (χ1v) is 13.2. The Labute approximate surface area is 220 Å². The van der Waals surface area contributed by atoms with E-state index in [9.17, 15) is 9.18 Å². The van der Waals surface area contributed by atoms with Gasteiger partial charge in [0.05, 0.1) is 35.7 Å². The van der Waals surface area contributed by atoms with E-state index in [1.165, 1.54) is 0 Å². The second kappa shape index (κ2) is 9.22. The minimum atomic E-state index is -0.970. The number of aromatic nitrogens is 3. The summed E-state index contributed by atoms with van der Waals surface area (Å²) < 4.78 is 21.7. The van der Waals surface area contributed by atoms with Crippen LogP contribution in [0.4, 0.5) is 15.9 Å². The Balaban J connectivity index is 1.16. The predicted molar refractivity (Wildman–Crippen MR) is 142 cm³/mol. The Morgan fingerprint density at radius 2 is 1.97 bits per heavy atom. The molecule has 3 unspecified atom stereocenters. The standard InChI is InChI=1S/C27H32ClFN6O2/c1-16-24(19-12-31-33(3)13-19)25(16)26(36)32-23-10-17-9-21(20(28)8-18(17)11-30-23)34-4-6-35(7-5-34)27(2)15-37-14-22(27)29/h8-13,16,22,24-25H,4-7,14-15H2,1-3H3,(H,30,32,36)/t16?,22-,24?,25?,27+/m1/s1. The van der Waals surface area contributed by atoms with Crippen LogP contribution >= 0.6 is 11.6 Å². The molecule has 3 fully saturated rings.